The van der Waals surface area contributed by atoms with Crippen LogP contribution < -0.4 is 10.5 Å². The number of halogens is 3. The minimum atomic E-state index is -4.63. The lowest BCUT2D eigenvalue weighted by atomic mass is 10.1. The molecule has 0 radical (unpaired) electrons. The van der Waals surface area contributed by atoms with Gasteiger partial charge in [-0.15, -0.1) is 0 Å². The minimum absolute atomic E-state index is 0.419. The number of amides is 1. The molecule has 0 aliphatic heterocycles. The minimum Gasteiger partial charge on any atom is -0.478 e. The zero-order valence-corrected chi connectivity index (χ0v) is 13.3. The number of carbonyl (C=O) groups is 3. The average Bonchev–Trinajstić information content (AvgIpc) is 2.54. The quantitative estimate of drug-likeness (QED) is 0.633. The lowest BCUT2D eigenvalue weighted by Gasteiger charge is -2.10. The van der Waals surface area contributed by atoms with Gasteiger partial charge in [0.25, 0.3) is 0 Å². The maximum atomic E-state index is 12.4. The van der Waals surface area contributed by atoms with Gasteiger partial charge in [0.15, 0.2) is 0 Å². The monoisotopic (exact) mass is 370 g/mol. The third kappa shape index (κ3) is 6.23. The van der Waals surface area contributed by atoms with Crippen molar-refractivity contribution in [2.24, 2.45) is 5.73 Å². The number of aromatic carboxylic acids is 1. The third-order valence-corrected chi connectivity index (χ3v) is 2.76. The standard InChI is InChI=1S/C10H7F3O4.C6H6N2O/c1-5(14)17-8-4-6(10(11,12)13)2-3-7(8)9(15)16;7-6(9)5-1-3-8-4-2-5/h2-4H,1H3,(H,15,16);1-4H,(H2,7,9). The molecule has 0 aliphatic carbocycles. The van der Waals surface area contributed by atoms with Crippen LogP contribution in [0.3, 0.4) is 0 Å². The summed E-state index contributed by atoms with van der Waals surface area (Å²) < 4.78 is 41.5. The molecule has 1 aromatic carbocycles. The van der Waals surface area contributed by atoms with Crippen LogP contribution in [-0.4, -0.2) is 27.9 Å². The molecule has 2 rings (SSSR count). The van der Waals surface area contributed by atoms with E-state index in [1.807, 2.05) is 0 Å². The number of rotatable bonds is 3. The molecule has 0 bridgehead atoms. The van der Waals surface area contributed by atoms with Crippen molar-refractivity contribution >= 4 is 17.8 Å². The molecule has 0 atom stereocenters. The zero-order valence-electron chi connectivity index (χ0n) is 13.3. The van der Waals surface area contributed by atoms with E-state index in [1.165, 1.54) is 12.4 Å². The molecule has 1 amide bonds. The molecule has 138 valence electrons. The van der Waals surface area contributed by atoms with Crippen LogP contribution in [0.25, 0.3) is 0 Å². The van der Waals surface area contributed by atoms with Crippen molar-refractivity contribution in [3.05, 3.63) is 59.4 Å². The molecular formula is C16H13F3N2O5. The molecule has 1 heterocycles. The first kappa shape index (κ1) is 20.6. The summed E-state index contributed by atoms with van der Waals surface area (Å²) in [5.41, 5.74) is 3.85. The number of pyridine rings is 1. The molecule has 3 N–H and O–H groups in total. The summed E-state index contributed by atoms with van der Waals surface area (Å²) >= 11 is 0. The Morgan fingerprint density at radius 1 is 1.12 bits per heavy atom. The van der Waals surface area contributed by atoms with Gasteiger partial charge in [0.2, 0.25) is 5.91 Å². The van der Waals surface area contributed by atoms with Crippen LogP contribution in [0.15, 0.2) is 42.7 Å². The van der Waals surface area contributed by atoms with Crippen LogP contribution in [0.1, 0.15) is 33.2 Å². The Morgan fingerprint density at radius 2 is 1.69 bits per heavy atom. The van der Waals surface area contributed by atoms with Crippen LogP contribution >= 0.6 is 0 Å². The maximum Gasteiger partial charge on any atom is 0.416 e. The normalized spacial score (nSPS) is 10.3. The number of ether oxygens (including phenoxy) is 1. The first-order valence-corrected chi connectivity index (χ1v) is 6.85. The van der Waals surface area contributed by atoms with Crippen molar-refractivity contribution in [1.82, 2.24) is 4.98 Å². The number of hydrogen-bond acceptors (Lipinski definition) is 5. The van der Waals surface area contributed by atoms with E-state index in [-0.39, 0.29) is 0 Å². The second-order valence-corrected chi connectivity index (χ2v) is 4.71. The summed E-state index contributed by atoms with van der Waals surface area (Å²) in [6, 6.07) is 4.97. The summed E-state index contributed by atoms with van der Waals surface area (Å²) in [6.45, 7) is 0.964. The molecule has 0 fully saturated rings. The number of carbonyl (C=O) groups excluding carboxylic acids is 2. The van der Waals surface area contributed by atoms with Crippen molar-refractivity contribution in [3.8, 4) is 5.75 Å². The summed E-state index contributed by atoms with van der Waals surface area (Å²) in [4.78, 5) is 35.5. The average molecular weight is 370 g/mol. The van der Waals surface area contributed by atoms with Gasteiger partial charge in [-0.25, -0.2) is 4.79 Å². The molecule has 0 saturated carbocycles. The van der Waals surface area contributed by atoms with Crippen LogP contribution in [-0.2, 0) is 11.0 Å². The Morgan fingerprint density at radius 3 is 2.08 bits per heavy atom. The van der Waals surface area contributed by atoms with E-state index < -0.39 is 40.9 Å². The van der Waals surface area contributed by atoms with Crippen molar-refractivity contribution in [2.45, 2.75) is 13.1 Å². The van der Waals surface area contributed by atoms with Crippen LogP contribution in [0.2, 0.25) is 0 Å². The van der Waals surface area contributed by atoms with E-state index >= 15 is 0 Å². The van der Waals surface area contributed by atoms with Crippen molar-refractivity contribution in [2.75, 3.05) is 0 Å². The van der Waals surface area contributed by atoms with Gasteiger partial charge in [0, 0.05) is 24.9 Å². The molecule has 0 saturated heterocycles. The summed E-state index contributed by atoms with van der Waals surface area (Å²) in [5.74, 6) is -3.42. The summed E-state index contributed by atoms with van der Waals surface area (Å²) in [7, 11) is 0. The Balaban J connectivity index is 0.000000314. The Kier molecular flexibility index (Phi) is 6.82. The van der Waals surface area contributed by atoms with Gasteiger partial charge in [0.05, 0.1) is 5.56 Å². The first-order valence-electron chi connectivity index (χ1n) is 6.85. The van der Waals surface area contributed by atoms with Gasteiger partial charge in [-0.1, -0.05) is 0 Å². The van der Waals surface area contributed by atoms with Gasteiger partial charge in [-0.05, 0) is 30.3 Å². The zero-order chi connectivity index (χ0) is 19.9. The van der Waals surface area contributed by atoms with Crippen molar-refractivity contribution in [1.29, 1.82) is 0 Å². The second kappa shape index (κ2) is 8.60. The molecule has 0 aliphatic rings. The maximum absolute atomic E-state index is 12.4. The number of nitrogens with two attached hydrogens (primary N) is 1. The van der Waals surface area contributed by atoms with Crippen molar-refractivity contribution in [3.63, 3.8) is 0 Å². The number of esters is 1. The number of carboxylic acid groups (broad SMARTS) is 1. The number of carboxylic acids is 1. The molecule has 26 heavy (non-hydrogen) atoms. The highest BCUT2D eigenvalue weighted by Gasteiger charge is 2.32. The van der Waals surface area contributed by atoms with E-state index in [0.29, 0.717) is 17.7 Å². The van der Waals surface area contributed by atoms with Gasteiger partial charge < -0.3 is 15.6 Å². The topological polar surface area (TPSA) is 120 Å². The largest absolute Gasteiger partial charge is 0.478 e. The van der Waals surface area contributed by atoms with E-state index in [9.17, 15) is 27.6 Å². The molecule has 0 spiro atoms. The number of hydrogen-bond donors (Lipinski definition) is 2. The number of alkyl halides is 3. The number of aromatic nitrogens is 1. The molecule has 2 aromatic rings. The van der Waals surface area contributed by atoms with Gasteiger partial charge in [0.1, 0.15) is 11.3 Å². The summed E-state index contributed by atoms with van der Waals surface area (Å²) in [5, 5.41) is 8.70. The SMILES string of the molecule is CC(=O)Oc1cc(C(F)(F)F)ccc1C(=O)O.NC(=O)c1ccncc1. The fraction of sp³-hybridized carbons (Fsp3) is 0.125. The van der Waals surface area contributed by atoms with Gasteiger partial charge in [-0.3, -0.25) is 14.6 Å². The predicted molar refractivity (Wildman–Crippen MR) is 82.5 cm³/mol. The highest BCUT2D eigenvalue weighted by atomic mass is 19.4. The molecule has 1 aromatic heterocycles. The fourth-order valence-corrected chi connectivity index (χ4v) is 1.63. The Hall–Kier alpha value is -3.43. The van der Waals surface area contributed by atoms with Crippen molar-refractivity contribution < 1.29 is 37.4 Å². The lowest BCUT2D eigenvalue weighted by Crippen LogP contribution is -2.11. The van der Waals surface area contributed by atoms with Gasteiger partial charge in [-0.2, -0.15) is 13.2 Å². The smallest absolute Gasteiger partial charge is 0.416 e. The first-order chi connectivity index (χ1) is 12.0. The number of benzene rings is 1. The second-order valence-electron chi connectivity index (χ2n) is 4.71. The number of primary amides is 1. The third-order valence-electron chi connectivity index (χ3n) is 2.76. The van der Waals surface area contributed by atoms with Crippen LogP contribution in [0, 0.1) is 0 Å². The van der Waals surface area contributed by atoms with E-state index in [2.05, 4.69) is 9.72 Å². The van der Waals surface area contributed by atoms with E-state index in [4.69, 9.17) is 10.8 Å². The van der Waals surface area contributed by atoms with Gasteiger partial charge >= 0.3 is 18.1 Å². The highest BCUT2D eigenvalue weighted by molar-refractivity contribution is 5.92. The predicted octanol–water partition coefficient (Wildman–Crippen LogP) is 2.51. The number of nitrogens with zero attached hydrogens (tertiary/aromatic N) is 1. The van der Waals surface area contributed by atoms with Crippen LogP contribution in [0.4, 0.5) is 13.2 Å². The lowest BCUT2D eigenvalue weighted by molar-refractivity contribution is -0.138. The van der Waals surface area contributed by atoms with E-state index in [0.717, 1.165) is 13.0 Å². The van der Waals surface area contributed by atoms with Crippen LogP contribution in [0.5, 0.6) is 5.75 Å². The van der Waals surface area contributed by atoms with E-state index in [1.54, 1.807) is 12.1 Å². The molecule has 10 heteroatoms. The Labute approximate surface area is 145 Å². The highest BCUT2D eigenvalue weighted by Crippen LogP contribution is 2.33. The molecular weight excluding hydrogens is 357 g/mol. The molecule has 0 unspecified atom stereocenters. The Bertz CT molecular complexity index is 807. The fourth-order valence-electron chi connectivity index (χ4n) is 1.63. The summed E-state index contributed by atoms with van der Waals surface area (Å²) in [6.07, 6.45) is -1.58. The molecule has 7 nitrogen and oxygen atoms in total.